The summed E-state index contributed by atoms with van der Waals surface area (Å²) >= 11 is 0. The topological polar surface area (TPSA) is 60.9 Å². The minimum Gasteiger partial charge on any atom is -0.310 e. The molecule has 0 aliphatic carbocycles. The fraction of sp³-hybridized carbons (Fsp3) is 0.435. The van der Waals surface area contributed by atoms with Gasteiger partial charge in [-0.05, 0) is 50.5 Å². The van der Waals surface area contributed by atoms with E-state index in [0.717, 1.165) is 23.2 Å². The minimum atomic E-state index is -3.52. The number of amides is 1. The van der Waals surface area contributed by atoms with Crippen molar-refractivity contribution in [2.75, 3.05) is 37.6 Å². The first-order valence-electron chi connectivity index (χ1n) is 10.5. The number of carbonyl (C=O) groups excluding carboxylic acids is 1. The number of hydrogen-bond acceptors (Lipinski definition) is 4. The number of anilines is 1. The van der Waals surface area contributed by atoms with E-state index in [9.17, 15) is 13.2 Å². The normalized spacial score (nSPS) is 19.0. The molecule has 0 bridgehead atoms. The van der Waals surface area contributed by atoms with Crippen molar-refractivity contribution in [1.29, 1.82) is 0 Å². The first-order chi connectivity index (χ1) is 14.3. The molecule has 2 aliphatic heterocycles. The maximum atomic E-state index is 13.1. The molecule has 0 aromatic heterocycles. The molecular formula is C23H29N3O3S. The van der Waals surface area contributed by atoms with Crippen molar-refractivity contribution < 1.29 is 13.2 Å². The van der Waals surface area contributed by atoms with Crippen molar-refractivity contribution >= 4 is 21.6 Å². The Balaban J connectivity index is 1.42. The highest BCUT2D eigenvalue weighted by Gasteiger charge is 2.35. The number of sulfonamides is 1. The summed E-state index contributed by atoms with van der Waals surface area (Å²) in [5.41, 5.74) is 4.04. The summed E-state index contributed by atoms with van der Waals surface area (Å²) in [6, 6.07) is 13.2. The lowest BCUT2D eigenvalue weighted by Gasteiger charge is -2.38. The average molecular weight is 428 g/mol. The standard InChI is InChI=1S/C23H29N3O3S/c1-17-8-9-22(18(2)16-17)30(28,29)25-14-12-24(13-15-25)19(3)23(27)26-11-10-20-6-4-5-7-21(20)26/h4-9,16,19H,10-15H2,1-3H3. The molecule has 1 saturated heterocycles. The lowest BCUT2D eigenvalue weighted by atomic mass is 10.1. The second-order valence-electron chi connectivity index (χ2n) is 8.25. The van der Waals surface area contributed by atoms with E-state index in [4.69, 9.17) is 0 Å². The summed E-state index contributed by atoms with van der Waals surface area (Å²) in [4.78, 5) is 17.5. The van der Waals surface area contributed by atoms with Gasteiger partial charge in [0.25, 0.3) is 0 Å². The Hall–Kier alpha value is -2.22. The second-order valence-corrected chi connectivity index (χ2v) is 10.2. The first kappa shape index (κ1) is 21.0. The molecule has 0 spiro atoms. The Morgan fingerprint density at radius 2 is 1.67 bits per heavy atom. The molecule has 1 fully saturated rings. The van der Waals surface area contributed by atoms with Gasteiger partial charge >= 0.3 is 0 Å². The highest BCUT2D eigenvalue weighted by molar-refractivity contribution is 7.89. The summed E-state index contributed by atoms with van der Waals surface area (Å²) < 4.78 is 27.8. The molecule has 0 N–H and O–H groups in total. The number of carbonyl (C=O) groups is 1. The Labute approximate surface area is 179 Å². The zero-order valence-electron chi connectivity index (χ0n) is 17.8. The lowest BCUT2D eigenvalue weighted by Crippen LogP contribution is -2.55. The molecule has 1 amide bonds. The monoisotopic (exact) mass is 427 g/mol. The Morgan fingerprint density at radius 1 is 0.967 bits per heavy atom. The number of rotatable bonds is 4. The predicted octanol–water partition coefficient (Wildman–Crippen LogP) is 2.59. The number of piperazine rings is 1. The van der Waals surface area contributed by atoms with Crippen LogP contribution in [-0.2, 0) is 21.2 Å². The van der Waals surface area contributed by atoms with Gasteiger partial charge in [0.2, 0.25) is 15.9 Å². The largest absolute Gasteiger partial charge is 0.310 e. The van der Waals surface area contributed by atoms with Gasteiger partial charge in [0.1, 0.15) is 0 Å². The van der Waals surface area contributed by atoms with Gasteiger partial charge in [-0.2, -0.15) is 4.31 Å². The van der Waals surface area contributed by atoms with Crippen molar-refractivity contribution in [2.24, 2.45) is 0 Å². The third-order valence-electron chi connectivity index (χ3n) is 6.28. The van der Waals surface area contributed by atoms with Gasteiger partial charge in [0.05, 0.1) is 10.9 Å². The fourth-order valence-electron chi connectivity index (χ4n) is 4.51. The zero-order chi connectivity index (χ0) is 21.5. The molecule has 4 rings (SSSR count). The summed E-state index contributed by atoms with van der Waals surface area (Å²) in [6.07, 6.45) is 0.885. The van der Waals surface area contributed by atoms with Gasteiger partial charge in [0.15, 0.2) is 0 Å². The highest BCUT2D eigenvalue weighted by atomic mass is 32.2. The quantitative estimate of drug-likeness (QED) is 0.753. The molecule has 30 heavy (non-hydrogen) atoms. The van der Waals surface area contributed by atoms with E-state index in [1.54, 1.807) is 10.4 Å². The number of nitrogens with zero attached hydrogens (tertiary/aromatic N) is 3. The first-order valence-corrected chi connectivity index (χ1v) is 11.9. The molecular weight excluding hydrogens is 398 g/mol. The van der Waals surface area contributed by atoms with E-state index in [-0.39, 0.29) is 11.9 Å². The molecule has 2 aromatic rings. The van der Waals surface area contributed by atoms with Crippen LogP contribution in [0.2, 0.25) is 0 Å². The van der Waals surface area contributed by atoms with Crippen LogP contribution in [0.3, 0.4) is 0 Å². The van der Waals surface area contributed by atoms with Crippen LogP contribution in [0.25, 0.3) is 0 Å². The number of hydrogen-bond donors (Lipinski definition) is 0. The smallest absolute Gasteiger partial charge is 0.244 e. The van der Waals surface area contributed by atoms with Gasteiger partial charge in [-0.15, -0.1) is 0 Å². The van der Waals surface area contributed by atoms with Crippen LogP contribution in [0.4, 0.5) is 5.69 Å². The van der Waals surface area contributed by atoms with Gasteiger partial charge in [0, 0.05) is 38.4 Å². The van der Waals surface area contributed by atoms with Crippen molar-refractivity contribution in [2.45, 2.75) is 38.1 Å². The van der Waals surface area contributed by atoms with Crippen LogP contribution in [0.5, 0.6) is 0 Å². The molecule has 160 valence electrons. The van der Waals surface area contributed by atoms with Crippen LogP contribution >= 0.6 is 0 Å². The van der Waals surface area contributed by atoms with Crippen LogP contribution in [0.15, 0.2) is 47.4 Å². The summed E-state index contributed by atoms with van der Waals surface area (Å²) in [5.74, 6) is 0.0886. The molecule has 6 nitrogen and oxygen atoms in total. The van der Waals surface area contributed by atoms with Gasteiger partial charge in [-0.25, -0.2) is 8.42 Å². The second kappa shape index (κ2) is 8.13. The zero-order valence-corrected chi connectivity index (χ0v) is 18.7. The highest BCUT2D eigenvalue weighted by Crippen LogP contribution is 2.29. The Bertz CT molecular complexity index is 1060. The maximum absolute atomic E-state index is 13.1. The summed E-state index contributed by atoms with van der Waals surface area (Å²) in [6.45, 7) is 8.32. The number of aryl methyl sites for hydroxylation is 2. The lowest BCUT2D eigenvalue weighted by molar-refractivity contribution is -0.123. The van der Waals surface area contributed by atoms with Crippen LogP contribution in [-0.4, -0.2) is 62.3 Å². The van der Waals surface area contributed by atoms with Crippen LogP contribution < -0.4 is 4.90 Å². The van der Waals surface area contributed by atoms with Gasteiger partial charge in [-0.1, -0.05) is 35.9 Å². The molecule has 0 saturated carbocycles. The average Bonchev–Trinajstić information content (AvgIpc) is 3.16. The Kier molecular flexibility index (Phi) is 5.70. The molecule has 1 unspecified atom stereocenters. The summed E-state index contributed by atoms with van der Waals surface area (Å²) in [5, 5.41) is 0. The predicted molar refractivity (Wildman–Crippen MR) is 118 cm³/mol. The molecule has 1 atom stereocenters. The number of fused-ring (bicyclic) bond motifs is 1. The maximum Gasteiger partial charge on any atom is 0.244 e. The third-order valence-corrected chi connectivity index (χ3v) is 8.34. The van der Waals surface area contributed by atoms with E-state index in [1.807, 2.05) is 56.0 Å². The third kappa shape index (κ3) is 3.77. The van der Waals surface area contributed by atoms with E-state index < -0.39 is 10.0 Å². The molecule has 2 aromatic carbocycles. The van der Waals surface area contributed by atoms with Crippen LogP contribution in [0.1, 0.15) is 23.6 Å². The Morgan fingerprint density at radius 3 is 2.37 bits per heavy atom. The SMILES string of the molecule is Cc1ccc(S(=O)(=O)N2CCN(C(C)C(=O)N3CCc4ccccc43)CC2)c(C)c1. The minimum absolute atomic E-state index is 0.0886. The van der Waals surface area contributed by atoms with Crippen molar-refractivity contribution in [3.05, 3.63) is 59.2 Å². The van der Waals surface area contributed by atoms with Gasteiger partial charge in [-0.3, -0.25) is 9.69 Å². The number of benzene rings is 2. The van der Waals surface area contributed by atoms with Crippen LogP contribution in [0, 0.1) is 13.8 Å². The van der Waals surface area contributed by atoms with E-state index >= 15 is 0 Å². The van der Waals surface area contributed by atoms with Gasteiger partial charge < -0.3 is 4.90 Å². The van der Waals surface area contributed by atoms with E-state index in [2.05, 4.69) is 11.0 Å². The molecule has 0 radical (unpaired) electrons. The van der Waals surface area contributed by atoms with E-state index in [1.165, 1.54) is 5.56 Å². The van der Waals surface area contributed by atoms with Crippen molar-refractivity contribution in [3.8, 4) is 0 Å². The fourth-order valence-corrected chi connectivity index (χ4v) is 6.14. The summed E-state index contributed by atoms with van der Waals surface area (Å²) in [7, 11) is -3.52. The molecule has 7 heteroatoms. The molecule has 2 heterocycles. The van der Waals surface area contributed by atoms with Crippen molar-refractivity contribution in [3.63, 3.8) is 0 Å². The number of para-hydroxylation sites is 1. The molecule has 2 aliphatic rings. The van der Waals surface area contributed by atoms with E-state index in [0.29, 0.717) is 37.6 Å². The van der Waals surface area contributed by atoms with Crippen molar-refractivity contribution in [1.82, 2.24) is 9.21 Å².